The van der Waals surface area contributed by atoms with Crippen LogP contribution in [0.1, 0.15) is 18.5 Å². The van der Waals surface area contributed by atoms with Gasteiger partial charge < -0.3 is 10.1 Å². The van der Waals surface area contributed by atoms with E-state index in [2.05, 4.69) is 10.3 Å². The second-order valence-corrected chi connectivity index (χ2v) is 6.26. The molecule has 1 saturated heterocycles. The molecule has 1 aromatic heterocycles. The van der Waals surface area contributed by atoms with E-state index >= 15 is 0 Å². The number of anilines is 1. The van der Waals surface area contributed by atoms with Crippen LogP contribution in [-0.4, -0.2) is 29.8 Å². The summed E-state index contributed by atoms with van der Waals surface area (Å²) in [6, 6.07) is 7.30. The fourth-order valence-electron chi connectivity index (χ4n) is 2.35. The van der Waals surface area contributed by atoms with Gasteiger partial charge in [-0.3, -0.25) is 4.79 Å². The number of nitrogens with zero attached hydrogens (tertiary/aromatic N) is 1. The van der Waals surface area contributed by atoms with Crippen LogP contribution < -0.4 is 5.32 Å². The molecule has 22 heavy (non-hydrogen) atoms. The van der Waals surface area contributed by atoms with E-state index < -0.39 is 11.6 Å². The van der Waals surface area contributed by atoms with Crippen molar-refractivity contribution in [2.75, 3.05) is 18.5 Å². The van der Waals surface area contributed by atoms with Crippen LogP contribution in [0.3, 0.4) is 0 Å². The van der Waals surface area contributed by atoms with Gasteiger partial charge in [0.15, 0.2) is 5.67 Å². The lowest BCUT2D eigenvalue weighted by Gasteiger charge is -2.28. The highest BCUT2D eigenvalue weighted by Crippen LogP contribution is 2.28. The molecule has 1 amide bonds. The van der Waals surface area contributed by atoms with Crippen LogP contribution >= 0.6 is 11.3 Å². The summed E-state index contributed by atoms with van der Waals surface area (Å²) in [4.78, 5) is 16.5. The Kier molecular flexibility index (Phi) is 4.22. The van der Waals surface area contributed by atoms with Crippen molar-refractivity contribution in [2.45, 2.75) is 25.4 Å². The highest BCUT2D eigenvalue weighted by atomic mass is 32.1. The molecule has 0 bridgehead atoms. The van der Waals surface area contributed by atoms with Crippen molar-refractivity contribution in [1.29, 1.82) is 0 Å². The number of aromatic nitrogens is 1. The van der Waals surface area contributed by atoms with Gasteiger partial charge in [-0.1, -0.05) is 0 Å². The van der Waals surface area contributed by atoms with Gasteiger partial charge in [-0.15, -0.1) is 11.3 Å². The topological polar surface area (TPSA) is 51.2 Å². The van der Waals surface area contributed by atoms with Crippen LogP contribution in [0.2, 0.25) is 0 Å². The summed E-state index contributed by atoms with van der Waals surface area (Å²) in [5.74, 6) is -0.589. The molecule has 0 spiro atoms. The lowest BCUT2D eigenvalue weighted by atomic mass is 9.95. The molecule has 0 unspecified atom stereocenters. The van der Waals surface area contributed by atoms with Crippen molar-refractivity contribution < 1.29 is 13.9 Å². The van der Waals surface area contributed by atoms with Crippen molar-refractivity contribution >= 4 is 22.9 Å². The van der Waals surface area contributed by atoms with E-state index in [0.29, 0.717) is 5.69 Å². The number of aryl methyl sites for hydroxylation is 1. The number of carbonyl (C=O) groups is 1. The number of rotatable bonds is 3. The number of thiazole rings is 1. The first kappa shape index (κ1) is 15.1. The maximum Gasteiger partial charge on any atom is 0.262 e. The lowest BCUT2D eigenvalue weighted by Crippen LogP contribution is -2.43. The summed E-state index contributed by atoms with van der Waals surface area (Å²) in [7, 11) is 0. The Morgan fingerprint density at radius 2 is 2.00 bits per heavy atom. The van der Waals surface area contributed by atoms with Crippen LogP contribution in [0.25, 0.3) is 10.6 Å². The third-order valence-corrected chi connectivity index (χ3v) is 4.71. The van der Waals surface area contributed by atoms with E-state index in [1.54, 1.807) is 23.5 Å². The zero-order valence-electron chi connectivity index (χ0n) is 12.3. The summed E-state index contributed by atoms with van der Waals surface area (Å²) < 4.78 is 19.6. The third kappa shape index (κ3) is 3.18. The number of alkyl halides is 1. The summed E-state index contributed by atoms with van der Waals surface area (Å²) in [5.41, 5.74) is 0.725. The molecule has 116 valence electrons. The average Bonchev–Trinajstić information content (AvgIpc) is 2.95. The smallest absolute Gasteiger partial charge is 0.262 e. The number of nitrogens with one attached hydrogen (secondary N) is 1. The van der Waals surface area contributed by atoms with Gasteiger partial charge in [-0.2, -0.15) is 0 Å². The quantitative estimate of drug-likeness (QED) is 0.940. The first-order valence-corrected chi connectivity index (χ1v) is 8.05. The number of benzene rings is 1. The van der Waals surface area contributed by atoms with E-state index in [1.807, 2.05) is 24.4 Å². The predicted octanol–water partition coefficient (Wildman–Crippen LogP) is 3.58. The van der Waals surface area contributed by atoms with Crippen molar-refractivity contribution in [3.63, 3.8) is 0 Å². The van der Waals surface area contributed by atoms with Gasteiger partial charge in [0.2, 0.25) is 0 Å². The summed E-state index contributed by atoms with van der Waals surface area (Å²) in [6.07, 6.45) is 0.213. The zero-order chi connectivity index (χ0) is 15.6. The van der Waals surface area contributed by atoms with Crippen molar-refractivity contribution in [1.82, 2.24) is 4.98 Å². The largest absolute Gasteiger partial charge is 0.381 e. The number of ether oxygens (including phenoxy) is 1. The number of amides is 1. The second kappa shape index (κ2) is 6.14. The van der Waals surface area contributed by atoms with E-state index in [1.165, 1.54) is 0 Å². The predicted molar refractivity (Wildman–Crippen MR) is 84.8 cm³/mol. The second-order valence-electron chi connectivity index (χ2n) is 5.40. The van der Waals surface area contributed by atoms with E-state index in [9.17, 15) is 9.18 Å². The van der Waals surface area contributed by atoms with Gasteiger partial charge in [-0.25, -0.2) is 9.37 Å². The molecule has 0 radical (unpaired) electrons. The standard InChI is InChI=1S/C16H17FN2O2S/c1-11-10-22-14(18-11)12-2-4-13(5-3-12)19-15(20)16(17)6-8-21-9-7-16/h2-5,10H,6-9H2,1H3,(H,19,20). The first-order chi connectivity index (χ1) is 10.6. The maximum atomic E-state index is 14.5. The highest BCUT2D eigenvalue weighted by Gasteiger charge is 2.40. The number of halogens is 1. The normalized spacial score (nSPS) is 17.2. The van der Waals surface area contributed by atoms with Crippen LogP contribution in [0, 0.1) is 6.92 Å². The Hall–Kier alpha value is -1.79. The van der Waals surface area contributed by atoms with Crippen molar-refractivity contribution in [3.05, 3.63) is 35.3 Å². The minimum Gasteiger partial charge on any atom is -0.381 e. The van der Waals surface area contributed by atoms with Crippen LogP contribution in [0.4, 0.5) is 10.1 Å². The summed E-state index contributed by atoms with van der Waals surface area (Å²) >= 11 is 1.57. The first-order valence-electron chi connectivity index (χ1n) is 7.17. The van der Waals surface area contributed by atoms with Gasteiger partial charge in [0.05, 0.1) is 13.2 Å². The van der Waals surface area contributed by atoms with E-state index in [-0.39, 0.29) is 26.1 Å². The Labute approximate surface area is 132 Å². The van der Waals surface area contributed by atoms with E-state index in [4.69, 9.17) is 4.74 Å². The molecule has 6 heteroatoms. The molecule has 3 rings (SSSR count). The molecule has 2 heterocycles. The molecule has 0 aliphatic carbocycles. The molecule has 0 saturated carbocycles. The van der Waals surface area contributed by atoms with Crippen molar-refractivity contribution in [3.8, 4) is 10.6 Å². The molecule has 0 atom stereocenters. The molecule has 1 fully saturated rings. The summed E-state index contributed by atoms with van der Waals surface area (Å²) in [6.45, 7) is 2.52. The number of carbonyl (C=O) groups excluding carboxylic acids is 1. The highest BCUT2D eigenvalue weighted by molar-refractivity contribution is 7.13. The Morgan fingerprint density at radius 1 is 1.32 bits per heavy atom. The monoisotopic (exact) mass is 320 g/mol. The molecular formula is C16H17FN2O2S. The molecule has 1 aliphatic rings. The van der Waals surface area contributed by atoms with Crippen LogP contribution in [0.15, 0.2) is 29.6 Å². The number of hydrogen-bond donors (Lipinski definition) is 1. The fraction of sp³-hybridized carbons (Fsp3) is 0.375. The molecule has 4 nitrogen and oxygen atoms in total. The maximum absolute atomic E-state index is 14.5. The molecule has 2 aromatic rings. The molecular weight excluding hydrogens is 303 g/mol. The van der Waals surface area contributed by atoms with Crippen LogP contribution in [0.5, 0.6) is 0 Å². The molecule has 1 N–H and O–H groups in total. The minimum absolute atomic E-state index is 0.106. The zero-order valence-corrected chi connectivity index (χ0v) is 13.1. The average molecular weight is 320 g/mol. The van der Waals surface area contributed by atoms with Crippen LogP contribution in [-0.2, 0) is 9.53 Å². The lowest BCUT2D eigenvalue weighted by molar-refractivity contribution is -0.133. The van der Waals surface area contributed by atoms with Gasteiger partial charge in [-0.05, 0) is 31.2 Å². The molecule has 1 aromatic carbocycles. The minimum atomic E-state index is -1.83. The van der Waals surface area contributed by atoms with Gasteiger partial charge in [0.25, 0.3) is 5.91 Å². The SMILES string of the molecule is Cc1csc(-c2ccc(NC(=O)C3(F)CCOCC3)cc2)n1. The number of hydrogen-bond acceptors (Lipinski definition) is 4. The van der Waals surface area contributed by atoms with E-state index in [0.717, 1.165) is 16.3 Å². The third-order valence-electron chi connectivity index (χ3n) is 3.70. The Morgan fingerprint density at radius 3 is 2.59 bits per heavy atom. The Bertz CT molecular complexity index is 663. The fourth-order valence-corrected chi connectivity index (χ4v) is 3.15. The Balaban J connectivity index is 1.69. The van der Waals surface area contributed by atoms with Gasteiger partial charge in [0, 0.05) is 35.2 Å². The summed E-state index contributed by atoms with van der Waals surface area (Å²) in [5, 5.41) is 5.57. The van der Waals surface area contributed by atoms with Gasteiger partial charge in [0.1, 0.15) is 5.01 Å². The van der Waals surface area contributed by atoms with Crippen molar-refractivity contribution in [2.24, 2.45) is 0 Å². The van der Waals surface area contributed by atoms with Gasteiger partial charge >= 0.3 is 0 Å². The molecule has 1 aliphatic heterocycles.